The lowest BCUT2D eigenvalue weighted by Crippen LogP contribution is -2.74. The number of halogens is 1. The number of carbonyl (C=O) groups is 5. The second-order valence-corrected chi connectivity index (χ2v) is 18.2. The molecule has 5 amide bonds. The Bertz CT molecular complexity index is 2280. The Kier molecular flexibility index (Phi) is 10.7. The highest BCUT2D eigenvalue weighted by Gasteiger charge is 2.64. The lowest BCUT2D eigenvalue weighted by Gasteiger charge is -2.63. The fourth-order valence-electron chi connectivity index (χ4n) is 10.2. The average molecular weight is 836 g/mol. The molecule has 0 spiro atoms. The molecule has 5 aliphatic rings. The minimum absolute atomic E-state index is 0.0723. The molecular formula is C45H50ClN7O7. The third-order valence-corrected chi connectivity index (χ3v) is 13.3. The number of fused-ring (bicyclic) bond motifs is 1. The lowest BCUT2D eigenvalue weighted by molar-refractivity contribution is -0.164. The molecule has 0 radical (unpaired) electrons. The smallest absolute Gasteiger partial charge is 0.262 e. The van der Waals surface area contributed by atoms with Gasteiger partial charge in [0.25, 0.3) is 17.7 Å². The van der Waals surface area contributed by atoms with Crippen molar-refractivity contribution >= 4 is 52.5 Å². The highest BCUT2D eigenvalue weighted by molar-refractivity contribution is 6.31. The van der Waals surface area contributed by atoms with Gasteiger partial charge >= 0.3 is 0 Å². The van der Waals surface area contributed by atoms with E-state index in [-0.39, 0.29) is 52.9 Å². The molecule has 0 aromatic heterocycles. The predicted molar refractivity (Wildman–Crippen MR) is 224 cm³/mol. The van der Waals surface area contributed by atoms with Crippen molar-refractivity contribution in [3.8, 4) is 11.8 Å². The Labute approximate surface area is 354 Å². The fraction of sp³-hybridized carbons (Fsp3) is 0.467. The number of ether oxygens (including phenoxy) is 2. The van der Waals surface area contributed by atoms with Gasteiger partial charge in [-0.3, -0.25) is 39.1 Å². The van der Waals surface area contributed by atoms with Crippen LogP contribution in [0.5, 0.6) is 5.75 Å². The van der Waals surface area contributed by atoms with Gasteiger partial charge in [-0.1, -0.05) is 39.3 Å². The molecule has 14 nitrogen and oxygen atoms in total. The number of nitriles is 1. The van der Waals surface area contributed by atoms with Crippen LogP contribution < -0.4 is 25.2 Å². The molecule has 4 heterocycles. The zero-order chi connectivity index (χ0) is 42.7. The second kappa shape index (κ2) is 15.5. The van der Waals surface area contributed by atoms with Crippen molar-refractivity contribution in [2.45, 2.75) is 71.2 Å². The summed E-state index contributed by atoms with van der Waals surface area (Å²) in [4.78, 5) is 72.2. The summed E-state index contributed by atoms with van der Waals surface area (Å²) in [5, 5.41) is 15.1. The first kappa shape index (κ1) is 41.3. The van der Waals surface area contributed by atoms with Crippen molar-refractivity contribution in [2.75, 3.05) is 62.2 Å². The van der Waals surface area contributed by atoms with Crippen molar-refractivity contribution in [2.24, 2.45) is 10.8 Å². The van der Waals surface area contributed by atoms with E-state index in [0.29, 0.717) is 41.6 Å². The minimum Gasteiger partial charge on any atom is -0.489 e. The van der Waals surface area contributed by atoms with Gasteiger partial charge in [-0.05, 0) is 67.9 Å². The first-order valence-electron chi connectivity index (χ1n) is 20.5. The third kappa shape index (κ3) is 7.26. The molecule has 3 aromatic carbocycles. The molecule has 1 unspecified atom stereocenters. The average Bonchev–Trinajstić information content (AvgIpc) is 3.45. The SMILES string of the molecule is CCOC1(CN2CCN(c3ccc(C(=O)NC4C(C)(C)C(Oc5ccc(C#N)c(Cl)c5)C4(C)C)cc3)CC2)CN(c2ccc3c(c2)C(=O)N(C2CCC(=O)NC2=O)C3=O)C1. The standard InChI is InChI=1S/C45H50ClN7O7/c1-6-59-45(25-52(26-45)30-12-14-32-33(21-30)40(58)53(39(32)57)35-15-16-36(54)48-38(35)56)24-50-17-19-51(20-18-50)29-10-7-27(8-11-29)37(55)49-41-43(2,3)42(44(41,4)5)60-31-13-9-28(23-47)34(46)22-31/h7-14,21-22,35,41-42H,6,15-20,24-26H2,1-5H3,(H,49,55)(H,48,54,56). The van der Waals surface area contributed by atoms with Crippen LogP contribution in [0.1, 0.15) is 84.1 Å². The molecule has 314 valence electrons. The van der Waals surface area contributed by atoms with Gasteiger partial charge in [0.05, 0.1) is 34.8 Å². The Morgan fingerprint density at radius 3 is 2.18 bits per heavy atom. The fourth-order valence-corrected chi connectivity index (χ4v) is 10.4. The number of piperazine rings is 1. The number of imide groups is 2. The summed E-state index contributed by atoms with van der Waals surface area (Å²) in [7, 11) is 0. The van der Waals surface area contributed by atoms with Crippen LogP contribution in [0.3, 0.4) is 0 Å². The first-order valence-corrected chi connectivity index (χ1v) is 20.9. The van der Waals surface area contributed by atoms with Gasteiger partial charge in [0.2, 0.25) is 11.8 Å². The zero-order valence-electron chi connectivity index (χ0n) is 34.5. The first-order chi connectivity index (χ1) is 28.5. The number of benzene rings is 3. The van der Waals surface area contributed by atoms with Crippen molar-refractivity contribution < 1.29 is 33.4 Å². The molecule has 4 fully saturated rings. The summed E-state index contributed by atoms with van der Waals surface area (Å²) < 4.78 is 12.8. The number of rotatable bonds is 11. The molecule has 1 saturated carbocycles. The third-order valence-electron chi connectivity index (χ3n) is 13.0. The lowest BCUT2D eigenvalue weighted by atomic mass is 9.49. The van der Waals surface area contributed by atoms with Crippen molar-refractivity contribution in [3.05, 3.63) is 87.9 Å². The molecule has 2 N–H and O–H groups in total. The number of nitrogens with one attached hydrogen (secondary N) is 2. The normalized spacial score (nSPS) is 24.2. The van der Waals surface area contributed by atoms with E-state index in [2.05, 4.69) is 59.1 Å². The molecule has 1 atom stereocenters. The van der Waals surface area contributed by atoms with Crippen LogP contribution >= 0.6 is 11.6 Å². The van der Waals surface area contributed by atoms with E-state index in [0.717, 1.165) is 49.0 Å². The van der Waals surface area contributed by atoms with Crippen LogP contribution in [0.15, 0.2) is 60.7 Å². The number of carbonyl (C=O) groups excluding carboxylic acids is 5. The van der Waals surface area contributed by atoms with Crippen LogP contribution in [0.4, 0.5) is 11.4 Å². The minimum atomic E-state index is -1.00. The maximum Gasteiger partial charge on any atom is 0.262 e. The van der Waals surface area contributed by atoms with E-state index in [4.69, 9.17) is 21.1 Å². The van der Waals surface area contributed by atoms with Crippen molar-refractivity contribution in [1.29, 1.82) is 5.26 Å². The summed E-state index contributed by atoms with van der Waals surface area (Å²) in [5.74, 6) is -1.62. The van der Waals surface area contributed by atoms with Gasteiger partial charge in [0.15, 0.2) is 0 Å². The number of amides is 5. The Balaban J connectivity index is 0.832. The van der Waals surface area contributed by atoms with Gasteiger partial charge in [-0.2, -0.15) is 5.26 Å². The molecule has 4 aliphatic heterocycles. The maximum absolute atomic E-state index is 13.5. The molecule has 3 saturated heterocycles. The highest BCUT2D eigenvalue weighted by atomic mass is 35.5. The quantitative estimate of drug-likeness (QED) is 0.259. The zero-order valence-corrected chi connectivity index (χ0v) is 35.3. The molecule has 60 heavy (non-hydrogen) atoms. The molecule has 1 aliphatic carbocycles. The van der Waals surface area contributed by atoms with Crippen LogP contribution in [0, 0.1) is 22.2 Å². The summed E-state index contributed by atoms with van der Waals surface area (Å²) in [6.45, 7) is 16.2. The van der Waals surface area contributed by atoms with Crippen LogP contribution in [0.2, 0.25) is 5.02 Å². The monoisotopic (exact) mass is 835 g/mol. The van der Waals surface area contributed by atoms with Gasteiger partial charge in [-0.15, -0.1) is 0 Å². The van der Waals surface area contributed by atoms with E-state index in [1.807, 2.05) is 37.3 Å². The number of hydrogen-bond acceptors (Lipinski definition) is 11. The summed E-state index contributed by atoms with van der Waals surface area (Å²) >= 11 is 6.26. The summed E-state index contributed by atoms with van der Waals surface area (Å²) in [5.41, 5.74) is 2.23. The van der Waals surface area contributed by atoms with Crippen molar-refractivity contribution in [3.63, 3.8) is 0 Å². The van der Waals surface area contributed by atoms with Crippen LogP contribution in [-0.2, 0) is 14.3 Å². The Morgan fingerprint density at radius 2 is 1.55 bits per heavy atom. The highest BCUT2D eigenvalue weighted by Crippen LogP contribution is 2.55. The molecule has 3 aromatic rings. The summed E-state index contributed by atoms with van der Waals surface area (Å²) in [6, 6.07) is 19.0. The topological polar surface area (TPSA) is 165 Å². The van der Waals surface area contributed by atoms with E-state index in [9.17, 15) is 29.2 Å². The molecule has 0 bridgehead atoms. The van der Waals surface area contributed by atoms with Crippen molar-refractivity contribution in [1.82, 2.24) is 20.4 Å². The van der Waals surface area contributed by atoms with E-state index in [1.54, 1.807) is 30.3 Å². The van der Waals surface area contributed by atoms with Crippen LogP contribution in [0.25, 0.3) is 0 Å². The van der Waals surface area contributed by atoms with E-state index < -0.39 is 35.3 Å². The summed E-state index contributed by atoms with van der Waals surface area (Å²) in [6.07, 6.45) is -0.0101. The number of nitrogens with zero attached hydrogens (tertiary/aromatic N) is 5. The van der Waals surface area contributed by atoms with Gasteiger partial charge < -0.3 is 24.6 Å². The molecule has 15 heteroatoms. The van der Waals surface area contributed by atoms with Gasteiger partial charge in [-0.25, -0.2) is 0 Å². The van der Waals surface area contributed by atoms with Gasteiger partial charge in [0, 0.05) is 85.6 Å². The number of anilines is 2. The Hall–Kier alpha value is -5.49. The molecular weight excluding hydrogens is 786 g/mol. The van der Waals surface area contributed by atoms with E-state index in [1.165, 1.54) is 0 Å². The van der Waals surface area contributed by atoms with Crippen LogP contribution in [-0.4, -0.2) is 116 Å². The maximum atomic E-state index is 13.5. The molecule has 8 rings (SSSR count). The number of hydrogen-bond donors (Lipinski definition) is 2. The largest absolute Gasteiger partial charge is 0.489 e. The van der Waals surface area contributed by atoms with E-state index >= 15 is 0 Å². The van der Waals surface area contributed by atoms with Gasteiger partial charge in [0.1, 0.15) is 29.6 Å². The Morgan fingerprint density at radius 1 is 0.883 bits per heavy atom. The second-order valence-electron chi connectivity index (χ2n) is 17.8. The number of piperidine rings is 1. The predicted octanol–water partition coefficient (Wildman–Crippen LogP) is 4.64.